The Morgan fingerprint density at radius 3 is 2.65 bits per heavy atom. The molecule has 1 saturated carbocycles. The molecule has 1 aromatic rings. The number of rotatable bonds is 4. The predicted octanol–water partition coefficient (Wildman–Crippen LogP) is 5.21. The van der Waals surface area contributed by atoms with E-state index in [-0.39, 0.29) is 11.9 Å². The number of hydrogen-bond acceptors (Lipinski definition) is 4. The molecule has 4 heteroatoms. The van der Waals surface area contributed by atoms with E-state index in [0.717, 1.165) is 31.2 Å². The summed E-state index contributed by atoms with van der Waals surface area (Å²) in [7, 11) is 0. The van der Waals surface area contributed by atoms with Gasteiger partial charge in [0, 0.05) is 18.4 Å². The summed E-state index contributed by atoms with van der Waals surface area (Å²) in [5.41, 5.74) is 2.34. The first-order valence-electron chi connectivity index (χ1n) is 12.0. The van der Waals surface area contributed by atoms with E-state index < -0.39 is 23.4 Å². The van der Waals surface area contributed by atoms with Gasteiger partial charge in [-0.05, 0) is 62.7 Å². The van der Waals surface area contributed by atoms with E-state index >= 15 is 0 Å². The van der Waals surface area contributed by atoms with Crippen LogP contribution in [-0.2, 0) is 14.3 Å². The van der Waals surface area contributed by atoms with Crippen molar-refractivity contribution in [2.24, 2.45) is 11.8 Å². The molecule has 3 fully saturated rings. The van der Waals surface area contributed by atoms with Gasteiger partial charge in [-0.15, -0.1) is 0 Å². The molecular formula is C27H34O4. The Morgan fingerprint density at radius 2 is 1.90 bits per heavy atom. The summed E-state index contributed by atoms with van der Waals surface area (Å²) in [4.78, 5) is 13.0. The zero-order valence-corrected chi connectivity index (χ0v) is 18.7. The first-order chi connectivity index (χ1) is 14.9. The first kappa shape index (κ1) is 21.0. The van der Waals surface area contributed by atoms with Crippen LogP contribution in [-0.4, -0.2) is 34.5 Å². The maximum atomic E-state index is 13.0. The third-order valence-electron chi connectivity index (χ3n) is 8.42. The van der Waals surface area contributed by atoms with E-state index in [2.05, 4.69) is 13.8 Å². The molecule has 5 atom stereocenters. The number of fused-ring (bicyclic) bond motifs is 4. The Hall–Kier alpha value is -1.91. The second kappa shape index (κ2) is 7.90. The second-order valence-electron chi connectivity index (χ2n) is 10.2. The molecule has 2 aliphatic heterocycles. The molecular weight excluding hydrogens is 388 g/mol. The molecule has 0 amide bonds. The minimum atomic E-state index is -0.609. The zero-order valence-electron chi connectivity index (χ0n) is 18.7. The topological polar surface area (TPSA) is 55.8 Å². The van der Waals surface area contributed by atoms with Crippen LogP contribution in [0.3, 0.4) is 0 Å². The second-order valence-corrected chi connectivity index (χ2v) is 10.2. The normalized spacial score (nSPS) is 38.0. The van der Waals surface area contributed by atoms with Crippen molar-refractivity contribution in [2.75, 3.05) is 0 Å². The molecule has 31 heavy (non-hydrogen) atoms. The number of allylic oxidation sites excluding steroid dienone is 1. The van der Waals surface area contributed by atoms with Gasteiger partial charge in [0.1, 0.15) is 5.60 Å². The van der Waals surface area contributed by atoms with Gasteiger partial charge in [0.05, 0.1) is 11.7 Å². The largest absolute Gasteiger partial charge is 0.452 e. The van der Waals surface area contributed by atoms with Crippen LogP contribution in [0.15, 0.2) is 47.6 Å². The summed E-state index contributed by atoms with van der Waals surface area (Å²) >= 11 is 0. The van der Waals surface area contributed by atoms with E-state index in [4.69, 9.17) is 9.47 Å². The number of carbonyl (C=O) groups is 1. The third kappa shape index (κ3) is 3.39. The molecule has 0 unspecified atom stereocenters. The van der Waals surface area contributed by atoms with E-state index in [0.29, 0.717) is 12.3 Å². The number of hydrogen-bond donors (Lipinski definition) is 1. The monoisotopic (exact) mass is 422 g/mol. The maximum Gasteiger partial charge on any atom is 0.331 e. The smallest absolute Gasteiger partial charge is 0.331 e. The van der Waals surface area contributed by atoms with Crippen LogP contribution in [0.25, 0.3) is 6.08 Å². The maximum absolute atomic E-state index is 13.0. The predicted molar refractivity (Wildman–Crippen MR) is 120 cm³/mol. The molecule has 0 aromatic heterocycles. The number of benzene rings is 1. The van der Waals surface area contributed by atoms with Crippen molar-refractivity contribution in [2.45, 2.75) is 88.6 Å². The Balaban J connectivity index is 1.50. The minimum Gasteiger partial charge on any atom is -0.452 e. The highest BCUT2D eigenvalue weighted by atomic mass is 16.6. The van der Waals surface area contributed by atoms with Gasteiger partial charge in [0.25, 0.3) is 0 Å². The van der Waals surface area contributed by atoms with E-state index in [1.807, 2.05) is 30.3 Å². The van der Waals surface area contributed by atoms with Gasteiger partial charge in [-0.2, -0.15) is 0 Å². The number of aliphatic hydroxyl groups excluding tert-OH is 1. The molecule has 2 heterocycles. The van der Waals surface area contributed by atoms with Crippen LogP contribution in [0.1, 0.15) is 70.8 Å². The van der Waals surface area contributed by atoms with Crippen LogP contribution in [0.2, 0.25) is 0 Å². The number of ether oxygens (including phenoxy) is 2. The molecule has 2 bridgehead atoms. The van der Waals surface area contributed by atoms with E-state index in [1.165, 1.54) is 36.5 Å². The van der Waals surface area contributed by atoms with E-state index in [9.17, 15) is 9.90 Å². The molecule has 4 nitrogen and oxygen atoms in total. The van der Waals surface area contributed by atoms with E-state index in [1.54, 1.807) is 6.08 Å². The van der Waals surface area contributed by atoms with Gasteiger partial charge >= 0.3 is 5.97 Å². The highest BCUT2D eigenvalue weighted by Crippen LogP contribution is 2.62. The van der Waals surface area contributed by atoms with Crippen molar-refractivity contribution in [1.29, 1.82) is 0 Å². The lowest BCUT2D eigenvalue weighted by atomic mass is 9.69. The Bertz CT molecular complexity index is 897. The standard InChI is InChI=1S/C27H34O4/c1-18-13-15-21-24(18)25(30-23(29)16-14-19-9-5-3-6-10-19)27(20-11-7-4-8-12-20)17-22(28)26(21,2)31-27/h3,5-6,9-10,14,16,20-22,25,28H,4,7-8,11-13,15,17H2,1-2H3/b16-14+/t21-,22-,25+,26+,27-/m1/s1. The average molecular weight is 423 g/mol. The molecule has 1 N–H and O–H groups in total. The minimum absolute atomic E-state index is 0.123. The Kier molecular flexibility index (Phi) is 5.34. The molecule has 1 aromatic carbocycles. The summed E-state index contributed by atoms with van der Waals surface area (Å²) in [5.74, 6) is 0.108. The molecule has 0 radical (unpaired) electrons. The van der Waals surface area contributed by atoms with Gasteiger partial charge in [0.15, 0.2) is 6.10 Å². The van der Waals surface area contributed by atoms with Crippen molar-refractivity contribution in [3.8, 4) is 0 Å². The summed E-state index contributed by atoms with van der Waals surface area (Å²) in [6.07, 6.45) is 10.7. The van der Waals surface area contributed by atoms with Crippen LogP contribution in [0.4, 0.5) is 0 Å². The van der Waals surface area contributed by atoms with Crippen molar-refractivity contribution in [3.63, 3.8) is 0 Å². The fourth-order valence-electron chi connectivity index (χ4n) is 6.81. The fourth-order valence-corrected chi connectivity index (χ4v) is 6.81. The summed E-state index contributed by atoms with van der Waals surface area (Å²) in [5, 5.41) is 11.2. The lowest BCUT2D eigenvalue weighted by Gasteiger charge is -2.52. The number of aliphatic hydroxyl groups is 1. The molecule has 2 saturated heterocycles. The highest BCUT2D eigenvalue weighted by Gasteiger charge is 2.69. The molecule has 4 aliphatic rings. The van der Waals surface area contributed by atoms with Crippen LogP contribution in [0, 0.1) is 11.8 Å². The quantitative estimate of drug-likeness (QED) is 0.411. The number of carbonyl (C=O) groups excluding carboxylic acids is 1. The van der Waals surface area contributed by atoms with Gasteiger partial charge in [-0.25, -0.2) is 4.79 Å². The van der Waals surface area contributed by atoms with Crippen LogP contribution < -0.4 is 0 Å². The first-order valence-corrected chi connectivity index (χ1v) is 12.0. The van der Waals surface area contributed by atoms with Gasteiger partial charge in [-0.3, -0.25) is 0 Å². The zero-order chi connectivity index (χ0) is 21.6. The third-order valence-corrected chi connectivity index (χ3v) is 8.42. The summed E-state index contributed by atoms with van der Waals surface area (Å²) in [6.45, 7) is 4.25. The van der Waals surface area contributed by atoms with Gasteiger partial charge in [-0.1, -0.05) is 55.2 Å². The van der Waals surface area contributed by atoms with Crippen molar-refractivity contribution in [3.05, 3.63) is 53.1 Å². The van der Waals surface area contributed by atoms with Crippen molar-refractivity contribution >= 4 is 12.0 Å². The molecule has 0 spiro atoms. The number of esters is 1. The molecule has 166 valence electrons. The molecule has 5 rings (SSSR count). The Morgan fingerprint density at radius 1 is 1.16 bits per heavy atom. The van der Waals surface area contributed by atoms with Gasteiger partial charge < -0.3 is 14.6 Å². The Labute approximate surface area is 185 Å². The van der Waals surface area contributed by atoms with Crippen LogP contribution in [0.5, 0.6) is 0 Å². The fraction of sp³-hybridized carbons (Fsp3) is 0.593. The summed E-state index contributed by atoms with van der Waals surface area (Å²) < 4.78 is 13.1. The summed E-state index contributed by atoms with van der Waals surface area (Å²) in [6, 6.07) is 9.80. The highest BCUT2D eigenvalue weighted by molar-refractivity contribution is 5.87. The van der Waals surface area contributed by atoms with Crippen molar-refractivity contribution in [1.82, 2.24) is 0 Å². The molecule has 2 aliphatic carbocycles. The lowest BCUT2D eigenvalue weighted by Crippen LogP contribution is -2.59. The van der Waals surface area contributed by atoms with Crippen LogP contribution >= 0.6 is 0 Å². The van der Waals surface area contributed by atoms with Crippen molar-refractivity contribution < 1.29 is 19.4 Å². The average Bonchev–Trinajstić information content (AvgIpc) is 3.29. The van der Waals surface area contributed by atoms with Gasteiger partial charge in [0.2, 0.25) is 0 Å². The SMILES string of the molecule is CC1=C2[C@@H](CC1)[C@]1(C)O[C@@](C3CCCCC3)(C[C@H]1O)[C@H]2OC(=O)/C=C/c1ccccc1. The lowest BCUT2D eigenvalue weighted by molar-refractivity contribution is -0.227.